The second-order valence-electron chi connectivity index (χ2n) is 3.37. The van der Waals surface area contributed by atoms with Crippen LogP contribution in [-0.4, -0.2) is 16.1 Å². The van der Waals surface area contributed by atoms with Gasteiger partial charge in [-0.1, -0.05) is 35.3 Å². The Morgan fingerprint density at radius 2 is 2.06 bits per heavy atom. The standard InChI is InChI=1S/C12H7Cl2NO2S/c13-8-3-1-7(5-9(8)14)2-4-11-15-6-10(18-11)12(16)17/h1-6H,(H,16,17)/b4-2+. The molecule has 0 radical (unpaired) electrons. The second-order valence-corrected chi connectivity index (χ2v) is 5.25. The van der Waals surface area contributed by atoms with Gasteiger partial charge in [-0.2, -0.15) is 0 Å². The number of aromatic nitrogens is 1. The molecule has 2 rings (SSSR count). The topological polar surface area (TPSA) is 50.2 Å². The van der Waals surface area contributed by atoms with Crippen LogP contribution in [-0.2, 0) is 0 Å². The van der Waals surface area contributed by atoms with Gasteiger partial charge in [0, 0.05) is 0 Å². The lowest BCUT2D eigenvalue weighted by atomic mass is 10.2. The maximum Gasteiger partial charge on any atom is 0.347 e. The summed E-state index contributed by atoms with van der Waals surface area (Å²) in [4.78, 5) is 14.9. The summed E-state index contributed by atoms with van der Waals surface area (Å²) < 4.78 is 0. The van der Waals surface area contributed by atoms with E-state index in [4.69, 9.17) is 28.3 Å². The molecule has 0 aliphatic rings. The Balaban J connectivity index is 2.19. The number of halogens is 2. The summed E-state index contributed by atoms with van der Waals surface area (Å²) in [6.07, 6.45) is 4.87. The number of rotatable bonds is 3. The zero-order valence-electron chi connectivity index (χ0n) is 8.93. The lowest BCUT2D eigenvalue weighted by Crippen LogP contribution is -1.89. The van der Waals surface area contributed by atoms with Crippen molar-refractivity contribution in [3.63, 3.8) is 0 Å². The minimum absolute atomic E-state index is 0.212. The third-order valence-corrected chi connectivity index (χ3v) is 3.79. The summed E-state index contributed by atoms with van der Waals surface area (Å²) in [6, 6.07) is 5.25. The summed E-state index contributed by atoms with van der Waals surface area (Å²) in [7, 11) is 0. The SMILES string of the molecule is O=C(O)c1cnc(/C=C/c2ccc(Cl)c(Cl)c2)s1. The van der Waals surface area contributed by atoms with Crippen LogP contribution < -0.4 is 0 Å². The fourth-order valence-corrected chi connectivity index (χ4v) is 2.21. The first kappa shape index (κ1) is 13.1. The lowest BCUT2D eigenvalue weighted by molar-refractivity contribution is 0.0702. The van der Waals surface area contributed by atoms with Gasteiger partial charge < -0.3 is 5.11 Å². The van der Waals surface area contributed by atoms with Crippen LogP contribution >= 0.6 is 34.5 Å². The van der Waals surface area contributed by atoms with E-state index in [1.54, 1.807) is 24.3 Å². The minimum atomic E-state index is -0.971. The highest BCUT2D eigenvalue weighted by Crippen LogP contribution is 2.24. The van der Waals surface area contributed by atoms with Gasteiger partial charge in [-0.05, 0) is 23.8 Å². The molecule has 0 saturated heterocycles. The van der Waals surface area contributed by atoms with Crippen molar-refractivity contribution in [3.8, 4) is 0 Å². The van der Waals surface area contributed by atoms with Gasteiger partial charge in [0.1, 0.15) is 9.88 Å². The molecule has 1 heterocycles. The van der Waals surface area contributed by atoms with Crippen molar-refractivity contribution in [3.05, 3.63) is 49.9 Å². The van der Waals surface area contributed by atoms with Crippen molar-refractivity contribution in [2.24, 2.45) is 0 Å². The van der Waals surface area contributed by atoms with Crippen molar-refractivity contribution in [2.75, 3.05) is 0 Å². The van der Waals surface area contributed by atoms with Gasteiger partial charge in [0.15, 0.2) is 0 Å². The highest BCUT2D eigenvalue weighted by Gasteiger charge is 2.06. The summed E-state index contributed by atoms with van der Waals surface area (Å²) in [5.41, 5.74) is 0.872. The van der Waals surface area contributed by atoms with Crippen LogP contribution in [0.15, 0.2) is 24.4 Å². The molecule has 0 aliphatic heterocycles. The number of hydrogen-bond acceptors (Lipinski definition) is 3. The van der Waals surface area contributed by atoms with Crippen molar-refractivity contribution in [2.45, 2.75) is 0 Å². The molecular weight excluding hydrogens is 293 g/mol. The van der Waals surface area contributed by atoms with E-state index in [2.05, 4.69) is 4.98 Å². The van der Waals surface area contributed by atoms with Gasteiger partial charge in [0.05, 0.1) is 16.2 Å². The number of aromatic carboxylic acids is 1. The van der Waals surface area contributed by atoms with E-state index in [0.29, 0.717) is 15.1 Å². The van der Waals surface area contributed by atoms with E-state index in [1.165, 1.54) is 6.20 Å². The Kier molecular flexibility index (Phi) is 4.01. The van der Waals surface area contributed by atoms with E-state index in [9.17, 15) is 4.79 Å². The van der Waals surface area contributed by atoms with Crippen LogP contribution in [0.3, 0.4) is 0 Å². The number of hydrogen-bond donors (Lipinski definition) is 1. The summed E-state index contributed by atoms with van der Waals surface area (Å²) in [5, 5.41) is 10.4. The van der Waals surface area contributed by atoms with Gasteiger partial charge in [-0.3, -0.25) is 0 Å². The zero-order chi connectivity index (χ0) is 13.1. The lowest BCUT2D eigenvalue weighted by Gasteiger charge is -1.96. The molecule has 0 fully saturated rings. The number of carboxylic acid groups (broad SMARTS) is 1. The highest BCUT2D eigenvalue weighted by atomic mass is 35.5. The normalized spacial score (nSPS) is 11.0. The van der Waals surface area contributed by atoms with Crippen LogP contribution in [0.2, 0.25) is 10.0 Å². The maximum absolute atomic E-state index is 10.7. The molecule has 18 heavy (non-hydrogen) atoms. The molecule has 0 atom stereocenters. The van der Waals surface area contributed by atoms with Crippen LogP contribution in [0.25, 0.3) is 12.2 Å². The molecule has 0 bridgehead atoms. The second kappa shape index (κ2) is 5.52. The Hall–Kier alpha value is -1.36. The predicted molar refractivity (Wildman–Crippen MR) is 74.5 cm³/mol. The van der Waals surface area contributed by atoms with Crippen molar-refractivity contribution in [1.29, 1.82) is 0 Å². The molecule has 92 valence electrons. The summed E-state index contributed by atoms with van der Waals surface area (Å²) in [6.45, 7) is 0. The molecule has 0 amide bonds. The molecule has 2 aromatic rings. The van der Waals surface area contributed by atoms with E-state index in [1.807, 2.05) is 6.07 Å². The van der Waals surface area contributed by atoms with Crippen LogP contribution in [0.5, 0.6) is 0 Å². The third-order valence-electron chi connectivity index (χ3n) is 2.10. The number of benzene rings is 1. The van der Waals surface area contributed by atoms with Crippen LogP contribution in [0.1, 0.15) is 20.2 Å². The molecule has 6 heteroatoms. The van der Waals surface area contributed by atoms with Crippen molar-refractivity contribution >= 4 is 52.7 Å². The van der Waals surface area contributed by atoms with E-state index < -0.39 is 5.97 Å². The van der Waals surface area contributed by atoms with E-state index in [-0.39, 0.29) is 4.88 Å². The minimum Gasteiger partial charge on any atom is -0.477 e. The largest absolute Gasteiger partial charge is 0.477 e. The highest BCUT2D eigenvalue weighted by molar-refractivity contribution is 7.14. The first-order chi connectivity index (χ1) is 8.56. The van der Waals surface area contributed by atoms with E-state index in [0.717, 1.165) is 16.9 Å². The van der Waals surface area contributed by atoms with Crippen molar-refractivity contribution in [1.82, 2.24) is 4.98 Å². The van der Waals surface area contributed by atoms with Gasteiger partial charge in [-0.25, -0.2) is 9.78 Å². The first-order valence-electron chi connectivity index (χ1n) is 4.88. The fraction of sp³-hybridized carbons (Fsp3) is 0. The quantitative estimate of drug-likeness (QED) is 0.918. The molecule has 0 aliphatic carbocycles. The maximum atomic E-state index is 10.7. The molecule has 1 N–H and O–H groups in total. The average Bonchev–Trinajstić information content (AvgIpc) is 2.79. The zero-order valence-corrected chi connectivity index (χ0v) is 11.3. The number of carboxylic acids is 1. The Labute approximate surface area is 117 Å². The molecule has 0 unspecified atom stereocenters. The molecule has 1 aromatic carbocycles. The van der Waals surface area contributed by atoms with E-state index >= 15 is 0 Å². The molecular formula is C12H7Cl2NO2S. The van der Waals surface area contributed by atoms with Crippen molar-refractivity contribution < 1.29 is 9.90 Å². The Bertz CT molecular complexity index is 622. The van der Waals surface area contributed by atoms with Crippen LogP contribution in [0.4, 0.5) is 0 Å². The fourth-order valence-electron chi connectivity index (χ4n) is 1.25. The summed E-state index contributed by atoms with van der Waals surface area (Å²) in [5.74, 6) is -0.971. The monoisotopic (exact) mass is 299 g/mol. The third kappa shape index (κ3) is 3.10. The number of thiazole rings is 1. The molecule has 1 aromatic heterocycles. The summed E-state index contributed by atoms with van der Waals surface area (Å²) >= 11 is 12.8. The van der Waals surface area contributed by atoms with Gasteiger partial charge in [0.25, 0.3) is 0 Å². The number of nitrogens with zero attached hydrogens (tertiary/aromatic N) is 1. The Morgan fingerprint density at radius 3 is 2.67 bits per heavy atom. The molecule has 0 saturated carbocycles. The van der Waals surface area contributed by atoms with Gasteiger partial charge in [-0.15, -0.1) is 11.3 Å². The first-order valence-corrected chi connectivity index (χ1v) is 6.46. The predicted octanol–water partition coefficient (Wildman–Crippen LogP) is 4.32. The Morgan fingerprint density at radius 1 is 1.28 bits per heavy atom. The van der Waals surface area contributed by atoms with Gasteiger partial charge in [0.2, 0.25) is 0 Å². The average molecular weight is 300 g/mol. The smallest absolute Gasteiger partial charge is 0.347 e. The molecule has 0 spiro atoms. The van der Waals surface area contributed by atoms with Crippen LogP contribution in [0, 0.1) is 0 Å². The molecule has 3 nitrogen and oxygen atoms in total. The van der Waals surface area contributed by atoms with Gasteiger partial charge >= 0.3 is 5.97 Å². The number of carbonyl (C=O) groups is 1.